The summed E-state index contributed by atoms with van der Waals surface area (Å²) in [4.78, 5) is 13.0. The first-order valence-corrected chi connectivity index (χ1v) is 13.4. The van der Waals surface area contributed by atoms with Gasteiger partial charge in [-0.25, -0.2) is 8.42 Å². The zero-order valence-corrected chi connectivity index (χ0v) is 22.8. The van der Waals surface area contributed by atoms with Crippen LogP contribution in [0.4, 0.5) is 5.69 Å². The average molecular weight is 547 g/mol. The van der Waals surface area contributed by atoms with E-state index in [0.29, 0.717) is 17.2 Å². The zero-order valence-electron chi connectivity index (χ0n) is 21.2. The van der Waals surface area contributed by atoms with E-state index in [2.05, 4.69) is 5.32 Å². The van der Waals surface area contributed by atoms with Crippen molar-refractivity contribution in [1.82, 2.24) is 5.32 Å². The van der Waals surface area contributed by atoms with Crippen LogP contribution in [0.25, 0.3) is 0 Å². The Morgan fingerprint density at radius 3 is 2.22 bits per heavy atom. The molecule has 0 aliphatic rings. The number of amides is 1. The highest BCUT2D eigenvalue weighted by atomic mass is 35.5. The van der Waals surface area contributed by atoms with Crippen molar-refractivity contribution in [2.24, 2.45) is 0 Å². The minimum Gasteiger partial charge on any atom is -0.495 e. The molecule has 3 aromatic rings. The van der Waals surface area contributed by atoms with E-state index in [1.807, 2.05) is 37.3 Å². The smallest absolute Gasteiger partial charge is 0.265 e. The summed E-state index contributed by atoms with van der Waals surface area (Å²) in [5.74, 6) is 0.393. The normalized spacial score (nSPS) is 11.9. The van der Waals surface area contributed by atoms with Crippen LogP contribution in [0.5, 0.6) is 17.2 Å². The Hall–Kier alpha value is -3.43. The monoisotopic (exact) mass is 546 g/mol. The van der Waals surface area contributed by atoms with Crippen molar-refractivity contribution < 1.29 is 27.4 Å². The second-order valence-electron chi connectivity index (χ2n) is 8.34. The number of anilines is 1. The Bertz CT molecular complexity index is 1320. The minimum atomic E-state index is -4.25. The molecule has 0 bridgehead atoms. The summed E-state index contributed by atoms with van der Waals surface area (Å²) in [6, 6.07) is 18.6. The highest BCUT2D eigenvalue weighted by Gasteiger charge is 2.31. The molecule has 0 aliphatic carbocycles. The lowest BCUT2D eigenvalue weighted by molar-refractivity contribution is -0.120. The molecular weight excluding hydrogens is 516 g/mol. The Balaban J connectivity index is 1.91. The molecule has 10 heteroatoms. The number of sulfonamides is 1. The molecule has 0 unspecified atom stereocenters. The van der Waals surface area contributed by atoms with Gasteiger partial charge in [0.25, 0.3) is 10.0 Å². The van der Waals surface area contributed by atoms with Crippen LogP contribution in [0.1, 0.15) is 18.9 Å². The van der Waals surface area contributed by atoms with Crippen molar-refractivity contribution in [3.8, 4) is 17.2 Å². The number of methoxy groups -OCH3 is 3. The molecule has 0 fully saturated rings. The quantitative estimate of drug-likeness (QED) is 0.354. The first-order chi connectivity index (χ1) is 17.7. The van der Waals surface area contributed by atoms with Gasteiger partial charge in [0.2, 0.25) is 5.91 Å². The number of rotatable bonds is 12. The van der Waals surface area contributed by atoms with Crippen molar-refractivity contribution >= 4 is 33.2 Å². The largest absolute Gasteiger partial charge is 0.495 e. The number of halogens is 1. The van der Waals surface area contributed by atoms with Gasteiger partial charge in [-0.15, -0.1) is 0 Å². The summed E-state index contributed by atoms with van der Waals surface area (Å²) in [5.41, 5.74) is 1.29. The summed E-state index contributed by atoms with van der Waals surface area (Å²) in [6.45, 7) is 1.40. The van der Waals surface area contributed by atoms with Gasteiger partial charge in [-0.1, -0.05) is 41.9 Å². The van der Waals surface area contributed by atoms with Crippen molar-refractivity contribution in [3.05, 3.63) is 77.3 Å². The van der Waals surface area contributed by atoms with E-state index in [9.17, 15) is 13.2 Å². The van der Waals surface area contributed by atoms with E-state index in [-0.39, 0.29) is 28.1 Å². The first-order valence-electron chi connectivity index (χ1n) is 11.6. The maximum atomic E-state index is 13.9. The van der Waals surface area contributed by atoms with Gasteiger partial charge in [0.05, 0.1) is 31.9 Å². The number of ether oxygens (including phenoxy) is 3. The van der Waals surface area contributed by atoms with Crippen molar-refractivity contribution in [2.75, 3.05) is 32.2 Å². The summed E-state index contributed by atoms with van der Waals surface area (Å²) < 4.78 is 44.6. The lowest BCUT2D eigenvalue weighted by Crippen LogP contribution is -2.43. The average Bonchev–Trinajstić information content (AvgIpc) is 2.90. The Morgan fingerprint density at radius 1 is 0.919 bits per heavy atom. The van der Waals surface area contributed by atoms with E-state index in [1.165, 1.54) is 45.6 Å². The third-order valence-electron chi connectivity index (χ3n) is 5.76. The summed E-state index contributed by atoms with van der Waals surface area (Å²) >= 11 is 6.21. The standard InChI is InChI=1S/C27H31ClN2O6S/c1-19(10-11-20-8-6-5-7-9-20)29-27(31)18-30(23-16-21(28)12-14-24(23)34-2)37(32,33)22-13-15-25(35-3)26(17-22)36-4/h5-9,12-17,19H,10-11,18H2,1-4H3,(H,29,31)/t19-/m0/s1. The zero-order chi connectivity index (χ0) is 27.0. The molecule has 1 amide bonds. The van der Waals surface area contributed by atoms with Crippen LogP contribution in [0, 0.1) is 0 Å². The number of hydrogen-bond acceptors (Lipinski definition) is 6. The molecular formula is C27H31ClN2O6S. The van der Waals surface area contributed by atoms with Gasteiger partial charge in [0.15, 0.2) is 11.5 Å². The Morgan fingerprint density at radius 2 is 1.57 bits per heavy atom. The van der Waals surface area contributed by atoms with Crippen molar-refractivity contribution in [3.63, 3.8) is 0 Å². The van der Waals surface area contributed by atoms with Crippen LogP contribution in [0.3, 0.4) is 0 Å². The summed E-state index contributed by atoms with van der Waals surface area (Å²) in [7, 11) is 0.0373. The number of benzene rings is 3. The molecule has 0 saturated carbocycles. The van der Waals surface area contributed by atoms with Crippen molar-refractivity contribution in [1.29, 1.82) is 0 Å². The third kappa shape index (κ3) is 7.08. The molecule has 0 saturated heterocycles. The van der Waals surface area contributed by atoms with Gasteiger partial charge in [-0.3, -0.25) is 9.10 Å². The highest BCUT2D eigenvalue weighted by molar-refractivity contribution is 7.92. The van der Waals surface area contributed by atoms with E-state index in [4.69, 9.17) is 25.8 Å². The van der Waals surface area contributed by atoms with Crippen LogP contribution in [-0.2, 0) is 21.2 Å². The van der Waals surface area contributed by atoms with Crippen LogP contribution < -0.4 is 23.8 Å². The number of nitrogens with one attached hydrogen (secondary N) is 1. The molecule has 8 nitrogen and oxygen atoms in total. The van der Waals surface area contributed by atoms with E-state index >= 15 is 0 Å². The SMILES string of the molecule is COc1ccc(S(=O)(=O)N(CC(=O)N[C@@H](C)CCc2ccccc2)c2cc(Cl)ccc2OC)cc1OC. The van der Waals surface area contributed by atoms with Gasteiger partial charge in [0.1, 0.15) is 12.3 Å². The van der Waals surface area contributed by atoms with Crippen LogP contribution in [0.15, 0.2) is 71.6 Å². The van der Waals surface area contributed by atoms with E-state index in [0.717, 1.165) is 16.3 Å². The van der Waals surface area contributed by atoms with Crippen molar-refractivity contribution in [2.45, 2.75) is 30.7 Å². The third-order valence-corrected chi connectivity index (χ3v) is 7.75. The number of nitrogens with zero attached hydrogens (tertiary/aromatic N) is 1. The Labute approximate surface area is 223 Å². The fourth-order valence-corrected chi connectivity index (χ4v) is 5.42. The van der Waals surface area contributed by atoms with E-state index < -0.39 is 22.5 Å². The lowest BCUT2D eigenvalue weighted by atomic mass is 10.1. The second-order valence-corrected chi connectivity index (χ2v) is 10.6. The molecule has 0 radical (unpaired) electrons. The predicted molar refractivity (Wildman–Crippen MR) is 144 cm³/mol. The van der Waals surface area contributed by atoms with Gasteiger partial charge < -0.3 is 19.5 Å². The molecule has 3 aromatic carbocycles. The maximum absolute atomic E-state index is 13.9. The summed E-state index contributed by atoms with van der Waals surface area (Å²) in [6.07, 6.45) is 1.47. The van der Waals surface area contributed by atoms with Gasteiger partial charge >= 0.3 is 0 Å². The van der Waals surface area contributed by atoms with Gasteiger partial charge in [-0.2, -0.15) is 0 Å². The molecule has 3 rings (SSSR count). The first kappa shape index (κ1) is 28.1. The molecule has 37 heavy (non-hydrogen) atoms. The molecule has 0 aromatic heterocycles. The fourth-order valence-electron chi connectivity index (χ4n) is 3.81. The number of hydrogen-bond donors (Lipinski definition) is 1. The predicted octanol–water partition coefficient (Wildman–Crippen LogP) is 4.70. The minimum absolute atomic E-state index is 0.0860. The van der Waals surface area contributed by atoms with Crippen LogP contribution >= 0.6 is 11.6 Å². The highest BCUT2D eigenvalue weighted by Crippen LogP contribution is 2.37. The van der Waals surface area contributed by atoms with Crippen LogP contribution in [-0.4, -0.2) is 48.2 Å². The lowest BCUT2D eigenvalue weighted by Gasteiger charge is -2.27. The number of carbonyl (C=O) groups excluding carboxylic acids is 1. The number of carbonyl (C=O) groups is 1. The molecule has 1 atom stereocenters. The maximum Gasteiger partial charge on any atom is 0.265 e. The van der Waals surface area contributed by atoms with E-state index in [1.54, 1.807) is 12.1 Å². The number of aryl methyl sites for hydroxylation is 1. The Kier molecular flexibility index (Phi) is 9.66. The molecule has 198 valence electrons. The van der Waals surface area contributed by atoms with Gasteiger partial charge in [-0.05, 0) is 55.7 Å². The van der Waals surface area contributed by atoms with Crippen LogP contribution in [0.2, 0.25) is 5.02 Å². The van der Waals surface area contributed by atoms with Gasteiger partial charge in [0, 0.05) is 17.1 Å². The molecule has 0 spiro atoms. The molecule has 1 N–H and O–H groups in total. The molecule has 0 aliphatic heterocycles. The fraction of sp³-hybridized carbons (Fsp3) is 0.296. The summed E-state index contributed by atoms with van der Waals surface area (Å²) in [5, 5.41) is 3.19. The topological polar surface area (TPSA) is 94.2 Å². The second kappa shape index (κ2) is 12.7. The molecule has 0 heterocycles.